The Morgan fingerprint density at radius 2 is 2.00 bits per heavy atom. The molecule has 5 heteroatoms. The third kappa shape index (κ3) is 3.95. The molecule has 0 amide bonds. The van der Waals surface area contributed by atoms with Crippen molar-refractivity contribution < 1.29 is 8.42 Å². The third-order valence-electron chi connectivity index (χ3n) is 5.35. The molecule has 1 saturated carbocycles. The number of rotatable bonds is 5. The molecule has 1 heterocycles. The van der Waals surface area contributed by atoms with E-state index in [0.29, 0.717) is 18.5 Å². The normalized spacial score (nSPS) is 34.2. The maximum atomic E-state index is 11.7. The minimum absolute atomic E-state index is 0.517. The Kier molecular flexibility index (Phi) is 5.49. The maximum absolute atomic E-state index is 11.7. The lowest BCUT2D eigenvalue weighted by molar-refractivity contribution is 0.204. The SMILES string of the molecule is CNC(CC1CCCN(S(C)(=O)=O)C1)C1CCCC1C. The maximum Gasteiger partial charge on any atom is 0.211 e. The Hall–Kier alpha value is -0.130. The van der Waals surface area contributed by atoms with Crippen LogP contribution in [0.5, 0.6) is 0 Å². The number of nitrogens with one attached hydrogen (secondary N) is 1. The summed E-state index contributed by atoms with van der Waals surface area (Å²) in [6.45, 7) is 3.79. The molecule has 2 fully saturated rings. The highest BCUT2D eigenvalue weighted by atomic mass is 32.2. The summed E-state index contributed by atoms with van der Waals surface area (Å²) in [7, 11) is -0.956. The van der Waals surface area contributed by atoms with Crippen molar-refractivity contribution >= 4 is 10.0 Å². The van der Waals surface area contributed by atoms with Crippen molar-refractivity contribution in [3.05, 3.63) is 0 Å². The number of nitrogens with zero attached hydrogens (tertiary/aromatic N) is 1. The summed E-state index contributed by atoms with van der Waals surface area (Å²) < 4.78 is 25.1. The summed E-state index contributed by atoms with van der Waals surface area (Å²) in [5.41, 5.74) is 0. The predicted molar refractivity (Wildman–Crippen MR) is 83.1 cm³/mol. The lowest BCUT2D eigenvalue weighted by Gasteiger charge is -2.35. The molecule has 1 saturated heterocycles. The molecular weight excluding hydrogens is 272 g/mol. The fourth-order valence-corrected chi connectivity index (χ4v) is 5.10. The van der Waals surface area contributed by atoms with E-state index in [1.54, 1.807) is 4.31 Å². The highest BCUT2D eigenvalue weighted by Crippen LogP contribution is 2.36. The average Bonchev–Trinajstić information content (AvgIpc) is 2.81. The first-order valence-electron chi connectivity index (χ1n) is 8.04. The zero-order valence-corrected chi connectivity index (χ0v) is 14.0. The molecule has 2 rings (SSSR count). The molecule has 4 unspecified atom stereocenters. The van der Waals surface area contributed by atoms with Crippen LogP contribution < -0.4 is 5.32 Å². The van der Waals surface area contributed by atoms with Gasteiger partial charge in [-0.1, -0.05) is 19.8 Å². The Balaban J connectivity index is 1.94. The molecule has 20 heavy (non-hydrogen) atoms. The van der Waals surface area contributed by atoms with Gasteiger partial charge in [-0.05, 0) is 50.5 Å². The van der Waals surface area contributed by atoms with Crippen molar-refractivity contribution in [2.75, 3.05) is 26.4 Å². The Morgan fingerprint density at radius 1 is 1.25 bits per heavy atom. The van der Waals surface area contributed by atoms with Crippen molar-refractivity contribution in [2.24, 2.45) is 17.8 Å². The molecule has 1 aliphatic carbocycles. The molecule has 0 radical (unpaired) electrons. The quantitative estimate of drug-likeness (QED) is 0.846. The van der Waals surface area contributed by atoms with E-state index in [-0.39, 0.29) is 0 Å². The molecule has 0 bridgehead atoms. The molecule has 0 spiro atoms. The summed E-state index contributed by atoms with van der Waals surface area (Å²) in [4.78, 5) is 0. The second-order valence-electron chi connectivity index (χ2n) is 6.83. The zero-order valence-electron chi connectivity index (χ0n) is 13.1. The van der Waals surface area contributed by atoms with E-state index in [2.05, 4.69) is 19.3 Å². The van der Waals surface area contributed by atoms with E-state index in [1.165, 1.54) is 31.9 Å². The van der Waals surface area contributed by atoms with Gasteiger partial charge in [0.25, 0.3) is 0 Å². The van der Waals surface area contributed by atoms with Gasteiger partial charge in [-0.25, -0.2) is 12.7 Å². The van der Waals surface area contributed by atoms with Gasteiger partial charge in [0.2, 0.25) is 10.0 Å². The molecule has 4 atom stereocenters. The topological polar surface area (TPSA) is 49.4 Å². The Bertz CT molecular complexity index is 410. The molecule has 0 aromatic heterocycles. The molecule has 4 nitrogen and oxygen atoms in total. The van der Waals surface area contributed by atoms with Crippen LogP contribution in [-0.4, -0.2) is 45.2 Å². The summed E-state index contributed by atoms with van der Waals surface area (Å²) in [6.07, 6.45) is 8.67. The first-order valence-corrected chi connectivity index (χ1v) is 9.89. The average molecular weight is 302 g/mol. The van der Waals surface area contributed by atoms with E-state index >= 15 is 0 Å². The van der Waals surface area contributed by atoms with Gasteiger partial charge in [-0.2, -0.15) is 0 Å². The molecule has 1 N–H and O–H groups in total. The number of hydrogen-bond donors (Lipinski definition) is 1. The molecular formula is C15H30N2O2S. The fraction of sp³-hybridized carbons (Fsp3) is 1.00. The van der Waals surface area contributed by atoms with Crippen LogP contribution in [0.3, 0.4) is 0 Å². The van der Waals surface area contributed by atoms with Crippen LogP contribution in [-0.2, 0) is 10.0 Å². The molecule has 1 aliphatic heterocycles. The second kappa shape index (κ2) is 6.75. The van der Waals surface area contributed by atoms with Crippen molar-refractivity contribution in [3.63, 3.8) is 0 Å². The summed E-state index contributed by atoms with van der Waals surface area (Å²) in [6, 6.07) is 0.553. The van der Waals surface area contributed by atoms with Crippen molar-refractivity contribution in [1.29, 1.82) is 0 Å². The van der Waals surface area contributed by atoms with Crippen molar-refractivity contribution in [3.8, 4) is 0 Å². The zero-order chi connectivity index (χ0) is 14.8. The minimum atomic E-state index is -3.02. The van der Waals surface area contributed by atoms with Gasteiger partial charge in [-0.15, -0.1) is 0 Å². The summed E-state index contributed by atoms with van der Waals surface area (Å²) in [5.74, 6) is 2.10. The third-order valence-corrected chi connectivity index (χ3v) is 6.62. The van der Waals surface area contributed by atoms with E-state index in [4.69, 9.17) is 0 Å². The summed E-state index contributed by atoms with van der Waals surface area (Å²) in [5, 5.41) is 3.51. The van der Waals surface area contributed by atoms with E-state index in [1.807, 2.05) is 0 Å². The number of sulfonamides is 1. The Morgan fingerprint density at radius 3 is 2.55 bits per heavy atom. The van der Waals surface area contributed by atoms with Crippen LogP contribution >= 0.6 is 0 Å². The lowest BCUT2D eigenvalue weighted by Crippen LogP contribution is -2.43. The van der Waals surface area contributed by atoms with Gasteiger partial charge < -0.3 is 5.32 Å². The standard InChI is InChI=1S/C15H30N2O2S/c1-12-6-4-8-14(12)15(16-2)10-13-7-5-9-17(11-13)20(3,18)19/h12-16H,4-11H2,1-3H3. The van der Waals surface area contributed by atoms with Crippen molar-refractivity contribution in [2.45, 2.75) is 51.5 Å². The largest absolute Gasteiger partial charge is 0.317 e. The smallest absolute Gasteiger partial charge is 0.211 e. The van der Waals surface area contributed by atoms with Gasteiger partial charge in [0.15, 0.2) is 0 Å². The molecule has 0 aromatic rings. The minimum Gasteiger partial charge on any atom is -0.317 e. The van der Waals surface area contributed by atoms with E-state index < -0.39 is 10.0 Å². The van der Waals surface area contributed by atoms with Gasteiger partial charge >= 0.3 is 0 Å². The first kappa shape index (κ1) is 16.2. The van der Waals surface area contributed by atoms with Gasteiger partial charge in [0.1, 0.15) is 0 Å². The number of piperidine rings is 1. The van der Waals surface area contributed by atoms with Crippen LogP contribution in [0.1, 0.15) is 45.4 Å². The second-order valence-corrected chi connectivity index (χ2v) is 8.81. The molecule has 2 aliphatic rings. The highest BCUT2D eigenvalue weighted by molar-refractivity contribution is 7.88. The lowest BCUT2D eigenvalue weighted by atomic mass is 9.82. The van der Waals surface area contributed by atoms with Crippen LogP contribution in [0.25, 0.3) is 0 Å². The van der Waals surface area contributed by atoms with Crippen LogP contribution in [0, 0.1) is 17.8 Å². The summed E-state index contributed by atoms with van der Waals surface area (Å²) >= 11 is 0. The van der Waals surface area contributed by atoms with Crippen LogP contribution in [0.2, 0.25) is 0 Å². The van der Waals surface area contributed by atoms with Crippen molar-refractivity contribution in [1.82, 2.24) is 9.62 Å². The van der Waals surface area contributed by atoms with Gasteiger partial charge in [0, 0.05) is 19.1 Å². The van der Waals surface area contributed by atoms with Gasteiger partial charge in [-0.3, -0.25) is 0 Å². The van der Waals surface area contributed by atoms with Crippen LogP contribution in [0.15, 0.2) is 0 Å². The Labute approximate surface area is 124 Å². The first-order chi connectivity index (χ1) is 9.41. The highest BCUT2D eigenvalue weighted by Gasteiger charge is 2.33. The van der Waals surface area contributed by atoms with Gasteiger partial charge in [0.05, 0.1) is 6.26 Å². The monoisotopic (exact) mass is 302 g/mol. The van der Waals surface area contributed by atoms with E-state index in [9.17, 15) is 8.42 Å². The van der Waals surface area contributed by atoms with Crippen LogP contribution in [0.4, 0.5) is 0 Å². The number of hydrogen-bond acceptors (Lipinski definition) is 3. The van der Waals surface area contributed by atoms with E-state index in [0.717, 1.165) is 31.2 Å². The fourth-order valence-electron chi connectivity index (χ4n) is 4.16. The molecule has 0 aromatic carbocycles. The molecule has 118 valence electrons. The predicted octanol–water partition coefficient (Wildman–Crippen LogP) is 2.07.